The van der Waals surface area contributed by atoms with Gasteiger partial charge in [-0.25, -0.2) is 8.42 Å². The number of hydrogen-bond donors (Lipinski definition) is 1. The summed E-state index contributed by atoms with van der Waals surface area (Å²) in [6, 6.07) is 5.77. The monoisotopic (exact) mass is 425 g/mol. The van der Waals surface area contributed by atoms with Gasteiger partial charge in [-0.15, -0.1) is 0 Å². The summed E-state index contributed by atoms with van der Waals surface area (Å²) in [5.41, 5.74) is 1.85. The fourth-order valence-corrected chi connectivity index (χ4v) is 4.34. The van der Waals surface area contributed by atoms with Crippen LogP contribution in [0.1, 0.15) is 24.0 Å². The summed E-state index contributed by atoms with van der Waals surface area (Å²) < 4.78 is 36.2. The van der Waals surface area contributed by atoms with Crippen LogP contribution in [0.3, 0.4) is 0 Å². The topological polar surface area (TPSA) is 88.2 Å². The number of amides is 1. The van der Waals surface area contributed by atoms with Crippen molar-refractivity contribution in [1.29, 1.82) is 0 Å². The molecule has 8 nitrogen and oxygen atoms in total. The second-order valence-corrected chi connectivity index (χ2v) is 9.53. The van der Waals surface area contributed by atoms with E-state index in [9.17, 15) is 13.2 Å². The molecule has 0 aromatic heterocycles. The molecule has 0 bridgehead atoms. The molecule has 162 valence electrons. The standard InChI is InChI=1S/C20H31N3O5S/c1-29(25,26)23-11-14-28-19-5-3-17(15-18(19)16-23)4-6-20(24)21-7-2-8-22-9-12-27-13-10-22/h3,5,15H,2,4,6-14,16H2,1H3,(H,21,24). The highest BCUT2D eigenvalue weighted by Gasteiger charge is 2.22. The van der Waals surface area contributed by atoms with Gasteiger partial charge in [-0.1, -0.05) is 12.1 Å². The Bertz CT molecular complexity index is 793. The fraction of sp³-hybridized carbons (Fsp3) is 0.650. The average Bonchev–Trinajstić information content (AvgIpc) is 2.92. The van der Waals surface area contributed by atoms with E-state index in [1.165, 1.54) is 10.6 Å². The van der Waals surface area contributed by atoms with Gasteiger partial charge in [0.15, 0.2) is 0 Å². The van der Waals surface area contributed by atoms with Crippen LogP contribution in [0.2, 0.25) is 0 Å². The van der Waals surface area contributed by atoms with Crippen LogP contribution in [0.15, 0.2) is 18.2 Å². The molecule has 3 rings (SSSR count). The van der Waals surface area contributed by atoms with Gasteiger partial charge in [0.25, 0.3) is 0 Å². The molecule has 0 atom stereocenters. The molecule has 0 unspecified atom stereocenters. The van der Waals surface area contributed by atoms with E-state index < -0.39 is 10.0 Å². The number of ether oxygens (including phenoxy) is 2. The summed E-state index contributed by atoms with van der Waals surface area (Å²) in [6.07, 6.45) is 3.17. The third-order valence-electron chi connectivity index (χ3n) is 5.26. The van der Waals surface area contributed by atoms with Crippen molar-refractivity contribution in [2.24, 2.45) is 0 Å². The summed E-state index contributed by atoms with van der Waals surface area (Å²) in [5, 5.41) is 2.98. The van der Waals surface area contributed by atoms with Crippen LogP contribution in [-0.4, -0.2) is 82.3 Å². The van der Waals surface area contributed by atoms with Gasteiger partial charge in [-0.3, -0.25) is 9.69 Å². The van der Waals surface area contributed by atoms with Crippen LogP contribution in [0.4, 0.5) is 0 Å². The minimum absolute atomic E-state index is 0.0379. The average molecular weight is 426 g/mol. The van der Waals surface area contributed by atoms with E-state index >= 15 is 0 Å². The third-order valence-corrected chi connectivity index (χ3v) is 6.51. The van der Waals surface area contributed by atoms with E-state index in [0.717, 1.165) is 50.4 Å². The van der Waals surface area contributed by atoms with E-state index in [1.807, 2.05) is 18.2 Å². The number of sulfonamides is 1. The predicted molar refractivity (Wildman–Crippen MR) is 110 cm³/mol. The molecule has 2 aliphatic rings. The first-order chi connectivity index (χ1) is 13.9. The molecule has 0 saturated carbocycles. The van der Waals surface area contributed by atoms with Gasteiger partial charge in [0, 0.05) is 44.7 Å². The van der Waals surface area contributed by atoms with Crippen molar-refractivity contribution in [3.8, 4) is 5.75 Å². The molecule has 1 N–H and O–H groups in total. The molecule has 2 aliphatic heterocycles. The fourth-order valence-electron chi connectivity index (χ4n) is 3.56. The SMILES string of the molecule is CS(=O)(=O)N1CCOc2ccc(CCC(=O)NCCCN3CCOCC3)cc2C1. The van der Waals surface area contributed by atoms with Crippen molar-refractivity contribution in [2.45, 2.75) is 25.8 Å². The van der Waals surface area contributed by atoms with Crippen LogP contribution >= 0.6 is 0 Å². The number of nitrogens with zero attached hydrogens (tertiary/aromatic N) is 2. The summed E-state index contributed by atoms with van der Waals surface area (Å²) in [7, 11) is -3.27. The van der Waals surface area contributed by atoms with Crippen molar-refractivity contribution < 1.29 is 22.7 Å². The van der Waals surface area contributed by atoms with Crippen molar-refractivity contribution in [3.05, 3.63) is 29.3 Å². The quantitative estimate of drug-likeness (QED) is 0.614. The summed E-state index contributed by atoms with van der Waals surface area (Å²) in [5.74, 6) is 0.753. The summed E-state index contributed by atoms with van der Waals surface area (Å²) in [6.45, 7) is 6.15. The zero-order valence-electron chi connectivity index (χ0n) is 17.1. The third kappa shape index (κ3) is 6.95. The molecule has 0 aliphatic carbocycles. The van der Waals surface area contributed by atoms with Crippen molar-refractivity contribution in [1.82, 2.24) is 14.5 Å². The van der Waals surface area contributed by atoms with Crippen LogP contribution in [0.5, 0.6) is 5.75 Å². The molecular weight excluding hydrogens is 394 g/mol. The van der Waals surface area contributed by atoms with Gasteiger partial charge in [0.2, 0.25) is 15.9 Å². The molecule has 1 saturated heterocycles. The Kier molecular flexibility index (Phi) is 7.88. The first-order valence-electron chi connectivity index (χ1n) is 10.2. The Morgan fingerprint density at radius 3 is 2.72 bits per heavy atom. The number of carbonyl (C=O) groups excluding carboxylic acids is 1. The van der Waals surface area contributed by atoms with E-state index in [4.69, 9.17) is 9.47 Å². The maximum Gasteiger partial charge on any atom is 0.220 e. The van der Waals surface area contributed by atoms with Crippen LogP contribution in [0.25, 0.3) is 0 Å². The number of benzene rings is 1. The molecule has 1 amide bonds. The number of nitrogens with one attached hydrogen (secondary N) is 1. The Morgan fingerprint density at radius 1 is 1.17 bits per heavy atom. The van der Waals surface area contributed by atoms with Crippen LogP contribution < -0.4 is 10.1 Å². The lowest BCUT2D eigenvalue weighted by atomic mass is 10.1. The largest absolute Gasteiger partial charge is 0.492 e. The Balaban J connectivity index is 1.43. The number of carbonyl (C=O) groups is 1. The first kappa shape index (κ1) is 22.0. The normalized spacial score (nSPS) is 18.5. The molecular formula is C20H31N3O5S. The highest BCUT2D eigenvalue weighted by molar-refractivity contribution is 7.88. The number of hydrogen-bond acceptors (Lipinski definition) is 6. The molecule has 9 heteroatoms. The molecule has 1 aromatic carbocycles. The van der Waals surface area contributed by atoms with Gasteiger partial charge in [-0.2, -0.15) is 4.31 Å². The van der Waals surface area contributed by atoms with E-state index in [1.54, 1.807) is 0 Å². The molecule has 0 spiro atoms. The van der Waals surface area contributed by atoms with Crippen molar-refractivity contribution in [2.75, 3.05) is 58.8 Å². The molecule has 0 radical (unpaired) electrons. The lowest BCUT2D eigenvalue weighted by Gasteiger charge is -2.26. The van der Waals surface area contributed by atoms with Gasteiger partial charge in [0.1, 0.15) is 12.4 Å². The van der Waals surface area contributed by atoms with Crippen LogP contribution in [-0.2, 0) is 32.5 Å². The number of fused-ring (bicyclic) bond motifs is 1. The van der Waals surface area contributed by atoms with E-state index in [-0.39, 0.29) is 5.91 Å². The smallest absolute Gasteiger partial charge is 0.220 e. The van der Waals surface area contributed by atoms with Gasteiger partial charge < -0.3 is 14.8 Å². The Morgan fingerprint density at radius 2 is 1.97 bits per heavy atom. The Hall–Kier alpha value is -1.68. The zero-order valence-corrected chi connectivity index (χ0v) is 17.9. The first-order valence-corrected chi connectivity index (χ1v) is 12.0. The van der Waals surface area contributed by atoms with Crippen molar-refractivity contribution in [3.63, 3.8) is 0 Å². The van der Waals surface area contributed by atoms with E-state index in [2.05, 4.69) is 10.2 Å². The molecule has 1 fully saturated rings. The molecule has 2 heterocycles. The second-order valence-electron chi connectivity index (χ2n) is 7.54. The highest BCUT2D eigenvalue weighted by atomic mass is 32.2. The van der Waals surface area contributed by atoms with Gasteiger partial charge in [0.05, 0.1) is 19.5 Å². The summed E-state index contributed by atoms with van der Waals surface area (Å²) >= 11 is 0. The Labute approximate surface area is 173 Å². The number of aryl methyl sites for hydroxylation is 1. The van der Waals surface area contributed by atoms with Gasteiger partial charge >= 0.3 is 0 Å². The minimum atomic E-state index is -3.27. The highest BCUT2D eigenvalue weighted by Crippen LogP contribution is 2.25. The molecule has 29 heavy (non-hydrogen) atoms. The lowest BCUT2D eigenvalue weighted by Crippen LogP contribution is -2.38. The lowest BCUT2D eigenvalue weighted by molar-refractivity contribution is -0.121. The van der Waals surface area contributed by atoms with E-state index in [0.29, 0.717) is 44.8 Å². The number of rotatable bonds is 8. The second kappa shape index (κ2) is 10.4. The predicted octanol–water partition coefficient (Wildman–Crippen LogP) is 0.612. The van der Waals surface area contributed by atoms with Gasteiger partial charge in [-0.05, 0) is 31.0 Å². The van der Waals surface area contributed by atoms with Crippen LogP contribution in [0, 0.1) is 0 Å². The maximum atomic E-state index is 12.1. The van der Waals surface area contributed by atoms with Crippen molar-refractivity contribution >= 4 is 15.9 Å². The maximum absolute atomic E-state index is 12.1. The molecule has 1 aromatic rings. The zero-order chi connectivity index (χ0) is 20.7. The minimum Gasteiger partial charge on any atom is -0.492 e. The summed E-state index contributed by atoms with van der Waals surface area (Å²) in [4.78, 5) is 14.5. The number of morpholine rings is 1.